The van der Waals surface area contributed by atoms with Gasteiger partial charge in [-0.3, -0.25) is 9.59 Å². The molecule has 194 valence electrons. The highest BCUT2D eigenvalue weighted by atomic mass is 127. The molecule has 36 heavy (non-hydrogen) atoms. The summed E-state index contributed by atoms with van der Waals surface area (Å²) in [5.74, 6) is 0.216. The zero-order valence-corrected chi connectivity index (χ0v) is 23.3. The van der Waals surface area contributed by atoms with E-state index in [1.807, 2.05) is 44.2 Å². The first-order valence-corrected chi connectivity index (χ1v) is 13.4. The first-order chi connectivity index (χ1) is 17.2. The topological polar surface area (TPSA) is 99.1 Å². The molecule has 0 radical (unpaired) electrons. The summed E-state index contributed by atoms with van der Waals surface area (Å²) in [6.07, 6.45) is 0.147. The molecule has 1 aliphatic carbocycles. The van der Waals surface area contributed by atoms with Crippen molar-refractivity contribution < 1.29 is 24.5 Å². The molecule has 3 atom stereocenters. The summed E-state index contributed by atoms with van der Waals surface area (Å²) in [5, 5.41) is 23.9. The minimum Gasteiger partial charge on any atom is -0.482 e. The molecule has 7 nitrogen and oxygen atoms in total. The first-order valence-electron chi connectivity index (χ1n) is 11.9. The van der Waals surface area contributed by atoms with E-state index >= 15 is 0 Å². The highest BCUT2D eigenvalue weighted by Crippen LogP contribution is 2.31. The number of hydrogen-bond acceptors (Lipinski definition) is 5. The van der Waals surface area contributed by atoms with Crippen LogP contribution in [0.1, 0.15) is 32.3 Å². The number of amides is 2. The third-order valence-corrected chi connectivity index (χ3v) is 7.03. The maximum absolute atomic E-state index is 13.4. The van der Waals surface area contributed by atoms with Gasteiger partial charge in [0.25, 0.3) is 0 Å². The van der Waals surface area contributed by atoms with Crippen LogP contribution in [0.5, 0.6) is 5.75 Å². The summed E-state index contributed by atoms with van der Waals surface area (Å²) in [4.78, 5) is 28.0. The van der Waals surface area contributed by atoms with Crippen LogP contribution in [0.2, 0.25) is 5.02 Å². The Morgan fingerprint density at radius 2 is 1.89 bits per heavy atom. The van der Waals surface area contributed by atoms with Gasteiger partial charge in [-0.05, 0) is 64.4 Å². The van der Waals surface area contributed by atoms with Gasteiger partial charge < -0.3 is 25.2 Å². The number of ether oxygens (including phenoxy) is 1. The Bertz CT molecular complexity index is 1080. The van der Waals surface area contributed by atoms with E-state index in [4.69, 9.17) is 21.4 Å². The molecular formula is C27H32ClIN2O5. The second kappa shape index (κ2) is 13.4. The molecule has 9 heteroatoms. The van der Waals surface area contributed by atoms with Crippen molar-refractivity contribution in [3.8, 4) is 5.75 Å². The molecule has 0 saturated carbocycles. The maximum atomic E-state index is 13.4. The standard InChI is InChI=1S/C27H32ClIN2O5/c1-17(2)13-25(33)31(16-18-7-9-20(28)10-8-18)22-14-19(27(35)30-11-12-32)15-24(26(22)34)36-23-6-4-3-5-21(23)29/h3-10,15,17,22,24,26,32,34H,11-14,16H2,1-2H3,(H,30,35). The van der Waals surface area contributed by atoms with E-state index in [1.165, 1.54) is 0 Å². The number of carbonyl (C=O) groups excluding carboxylic acids is 2. The van der Waals surface area contributed by atoms with Crippen molar-refractivity contribution in [2.45, 2.75) is 51.5 Å². The summed E-state index contributed by atoms with van der Waals surface area (Å²) in [5.41, 5.74) is 1.26. The molecule has 2 amide bonds. The van der Waals surface area contributed by atoms with Crippen LogP contribution in [0, 0.1) is 9.49 Å². The van der Waals surface area contributed by atoms with Gasteiger partial charge in [-0.15, -0.1) is 0 Å². The van der Waals surface area contributed by atoms with Gasteiger partial charge in [-0.2, -0.15) is 0 Å². The van der Waals surface area contributed by atoms with Gasteiger partial charge in [-0.25, -0.2) is 0 Å². The van der Waals surface area contributed by atoms with E-state index in [-0.39, 0.29) is 43.8 Å². The van der Waals surface area contributed by atoms with Crippen LogP contribution in [0.25, 0.3) is 0 Å². The van der Waals surface area contributed by atoms with Gasteiger partial charge >= 0.3 is 0 Å². The molecule has 0 bridgehead atoms. The zero-order valence-electron chi connectivity index (χ0n) is 20.4. The highest BCUT2D eigenvalue weighted by Gasteiger charge is 2.40. The van der Waals surface area contributed by atoms with Gasteiger partial charge in [-0.1, -0.05) is 49.7 Å². The number of hydrogen-bond donors (Lipinski definition) is 3. The number of aliphatic hydroxyl groups is 2. The van der Waals surface area contributed by atoms with Crippen molar-refractivity contribution in [2.24, 2.45) is 5.92 Å². The number of rotatable bonds is 10. The second-order valence-electron chi connectivity index (χ2n) is 9.19. The van der Waals surface area contributed by atoms with Gasteiger partial charge in [0.05, 0.1) is 16.2 Å². The third-order valence-electron chi connectivity index (χ3n) is 5.88. The fourth-order valence-electron chi connectivity index (χ4n) is 4.11. The molecule has 0 aliphatic heterocycles. The average Bonchev–Trinajstić information content (AvgIpc) is 2.84. The quantitative estimate of drug-likeness (QED) is 0.347. The Kier molecular flexibility index (Phi) is 10.6. The fraction of sp³-hybridized carbons (Fsp3) is 0.407. The fourth-order valence-corrected chi connectivity index (χ4v) is 4.75. The van der Waals surface area contributed by atoms with E-state index in [0.29, 0.717) is 22.8 Å². The number of halogens is 2. The molecule has 0 heterocycles. The minimum absolute atomic E-state index is 0.103. The van der Waals surface area contributed by atoms with Crippen LogP contribution < -0.4 is 10.1 Å². The molecule has 0 aromatic heterocycles. The van der Waals surface area contributed by atoms with Gasteiger partial charge in [0.2, 0.25) is 11.8 Å². The Balaban J connectivity index is 1.97. The first kappa shape index (κ1) is 28.4. The molecule has 2 aromatic rings. The van der Waals surface area contributed by atoms with Crippen LogP contribution >= 0.6 is 34.2 Å². The summed E-state index contributed by atoms with van der Waals surface area (Å²) < 4.78 is 7.03. The maximum Gasteiger partial charge on any atom is 0.247 e. The predicted octanol–water partition coefficient (Wildman–Crippen LogP) is 3.94. The van der Waals surface area contributed by atoms with Crippen molar-refractivity contribution in [3.63, 3.8) is 0 Å². The Hall–Kier alpha value is -2.14. The number of nitrogens with one attached hydrogen (secondary N) is 1. The lowest BCUT2D eigenvalue weighted by atomic mass is 9.87. The van der Waals surface area contributed by atoms with Crippen molar-refractivity contribution >= 4 is 46.0 Å². The van der Waals surface area contributed by atoms with Crippen LogP contribution in [0.3, 0.4) is 0 Å². The predicted molar refractivity (Wildman–Crippen MR) is 148 cm³/mol. The highest BCUT2D eigenvalue weighted by molar-refractivity contribution is 14.1. The average molecular weight is 627 g/mol. The smallest absolute Gasteiger partial charge is 0.247 e. The van der Waals surface area contributed by atoms with Gasteiger partial charge in [0.1, 0.15) is 18.0 Å². The minimum atomic E-state index is -1.07. The Morgan fingerprint density at radius 3 is 2.53 bits per heavy atom. The van der Waals surface area contributed by atoms with E-state index in [2.05, 4.69) is 27.9 Å². The monoisotopic (exact) mass is 626 g/mol. The number of aliphatic hydroxyl groups excluding tert-OH is 2. The van der Waals surface area contributed by atoms with Gasteiger partial charge in [0, 0.05) is 36.5 Å². The number of benzene rings is 2. The van der Waals surface area contributed by atoms with Crippen molar-refractivity contribution in [1.29, 1.82) is 0 Å². The summed E-state index contributed by atoms with van der Waals surface area (Å²) in [6, 6.07) is 13.9. The molecule has 3 N–H and O–H groups in total. The third kappa shape index (κ3) is 7.68. The lowest BCUT2D eigenvalue weighted by molar-refractivity contribution is -0.140. The van der Waals surface area contributed by atoms with Crippen LogP contribution in [-0.2, 0) is 16.1 Å². The molecule has 0 spiro atoms. The lowest BCUT2D eigenvalue weighted by Crippen LogP contribution is -2.55. The molecule has 3 rings (SSSR count). The number of nitrogens with zero attached hydrogens (tertiary/aromatic N) is 1. The molecule has 2 aromatic carbocycles. The van der Waals surface area contributed by atoms with Gasteiger partial charge in [0.15, 0.2) is 0 Å². The number of para-hydroxylation sites is 1. The molecular weight excluding hydrogens is 595 g/mol. The second-order valence-corrected chi connectivity index (χ2v) is 10.8. The van der Waals surface area contributed by atoms with Crippen LogP contribution in [-0.4, -0.2) is 58.3 Å². The van der Waals surface area contributed by atoms with Crippen molar-refractivity contribution in [1.82, 2.24) is 10.2 Å². The molecule has 0 saturated heterocycles. The van der Waals surface area contributed by atoms with E-state index < -0.39 is 18.2 Å². The van der Waals surface area contributed by atoms with Crippen LogP contribution in [0.4, 0.5) is 0 Å². The molecule has 3 unspecified atom stereocenters. The zero-order chi connectivity index (χ0) is 26.2. The molecule has 1 aliphatic rings. The normalized spacial score (nSPS) is 19.5. The SMILES string of the molecule is CC(C)CC(=O)N(Cc1ccc(Cl)cc1)C1CC(C(=O)NCCO)=CC(Oc2ccccc2I)C1O. The summed E-state index contributed by atoms with van der Waals surface area (Å²) >= 11 is 8.20. The largest absolute Gasteiger partial charge is 0.482 e. The van der Waals surface area contributed by atoms with Crippen molar-refractivity contribution in [3.05, 3.63) is 74.3 Å². The van der Waals surface area contributed by atoms with Crippen LogP contribution in [0.15, 0.2) is 60.2 Å². The number of carbonyl (C=O) groups is 2. The Labute approximate surface area is 230 Å². The summed E-state index contributed by atoms with van der Waals surface area (Å²) in [7, 11) is 0. The van der Waals surface area contributed by atoms with E-state index in [1.54, 1.807) is 29.2 Å². The lowest BCUT2D eigenvalue weighted by Gasteiger charge is -2.41. The van der Waals surface area contributed by atoms with Crippen molar-refractivity contribution in [2.75, 3.05) is 13.2 Å². The molecule has 0 fully saturated rings. The Morgan fingerprint density at radius 1 is 1.19 bits per heavy atom. The van der Waals surface area contributed by atoms with E-state index in [9.17, 15) is 14.7 Å². The summed E-state index contributed by atoms with van der Waals surface area (Å²) in [6.45, 7) is 4.10. The van der Waals surface area contributed by atoms with E-state index in [0.717, 1.165) is 9.13 Å².